The third kappa shape index (κ3) is 2.18. The molecule has 7 nitrogen and oxygen atoms in total. The zero-order valence-corrected chi connectivity index (χ0v) is 11.9. The molecule has 0 saturated heterocycles. The Kier molecular flexibility index (Phi) is 3.07. The Morgan fingerprint density at radius 3 is 2.09 bits per heavy atom. The van der Waals surface area contributed by atoms with E-state index in [-0.39, 0.29) is 33.6 Å². The summed E-state index contributed by atoms with van der Waals surface area (Å²) in [7, 11) is 0. The average Bonchev–Trinajstić information content (AvgIpc) is 2.47. The molecule has 2 aromatic carbocycles. The monoisotopic (exact) mass is 316 g/mol. The number of fused-ring (bicyclic) bond motifs is 1. The number of phenolic OH excluding ortho intramolecular Hbond substituents is 5. The van der Waals surface area contributed by atoms with Crippen molar-refractivity contribution in [1.82, 2.24) is 0 Å². The van der Waals surface area contributed by atoms with Crippen molar-refractivity contribution in [2.75, 3.05) is 0 Å². The summed E-state index contributed by atoms with van der Waals surface area (Å²) in [5.74, 6) is -2.53. The van der Waals surface area contributed by atoms with Crippen LogP contribution in [0.15, 0.2) is 33.5 Å². The second-order valence-electron chi connectivity index (χ2n) is 5.09. The molecule has 23 heavy (non-hydrogen) atoms. The second kappa shape index (κ2) is 4.84. The van der Waals surface area contributed by atoms with Crippen molar-refractivity contribution in [2.24, 2.45) is 0 Å². The number of benzene rings is 2. The van der Waals surface area contributed by atoms with Crippen LogP contribution in [0.5, 0.6) is 28.7 Å². The molecule has 0 fully saturated rings. The molecule has 0 unspecified atom stereocenters. The summed E-state index contributed by atoms with van der Waals surface area (Å²) >= 11 is 0. The van der Waals surface area contributed by atoms with Crippen LogP contribution in [0.25, 0.3) is 22.3 Å². The Hall–Kier alpha value is -3.35. The highest BCUT2D eigenvalue weighted by molar-refractivity contribution is 5.87. The molecular weight excluding hydrogens is 304 g/mol. The maximum atomic E-state index is 12.4. The Balaban J connectivity index is 2.40. The van der Waals surface area contributed by atoms with Gasteiger partial charge in [0.15, 0.2) is 22.7 Å². The number of rotatable bonds is 1. The molecule has 0 saturated carbocycles. The summed E-state index contributed by atoms with van der Waals surface area (Å²) in [5.41, 5.74) is -0.300. The van der Waals surface area contributed by atoms with Crippen molar-refractivity contribution < 1.29 is 29.9 Å². The van der Waals surface area contributed by atoms with Crippen molar-refractivity contribution in [3.05, 3.63) is 40.1 Å². The minimum atomic E-state index is -0.690. The van der Waals surface area contributed by atoms with Gasteiger partial charge in [0.2, 0.25) is 0 Å². The van der Waals surface area contributed by atoms with E-state index in [1.807, 2.05) is 0 Å². The van der Waals surface area contributed by atoms with E-state index >= 15 is 0 Å². The molecule has 0 spiro atoms. The van der Waals surface area contributed by atoms with Crippen molar-refractivity contribution in [3.8, 4) is 40.1 Å². The Morgan fingerprint density at radius 2 is 1.48 bits per heavy atom. The van der Waals surface area contributed by atoms with Crippen LogP contribution in [0.2, 0.25) is 0 Å². The maximum Gasteiger partial charge on any atom is 0.200 e. The first-order chi connectivity index (χ1) is 10.8. The van der Waals surface area contributed by atoms with Crippen molar-refractivity contribution in [1.29, 1.82) is 0 Å². The molecule has 7 heteroatoms. The molecule has 0 bridgehead atoms. The van der Waals surface area contributed by atoms with Gasteiger partial charge in [0.25, 0.3) is 0 Å². The summed E-state index contributed by atoms with van der Waals surface area (Å²) in [6, 6.07) is 4.43. The fourth-order valence-electron chi connectivity index (χ4n) is 2.38. The van der Waals surface area contributed by atoms with E-state index in [0.29, 0.717) is 0 Å². The molecule has 0 atom stereocenters. The van der Waals surface area contributed by atoms with Gasteiger partial charge in [-0.2, -0.15) is 0 Å². The summed E-state index contributed by atoms with van der Waals surface area (Å²) in [6.45, 7) is 1.45. The van der Waals surface area contributed by atoms with Gasteiger partial charge >= 0.3 is 0 Å². The smallest absolute Gasteiger partial charge is 0.200 e. The minimum absolute atomic E-state index is 0.0260. The van der Waals surface area contributed by atoms with Crippen LogP contribution in [-0.2, 0) is 0 Å². The molecule has 3 aromatic rings. The van der Waals surface area contributed by atoms with Gasteiger partial charge in [-0.25, -0.2) is 0 Å². The fourth-order valence-corrected chi connectivity index (χ4v) is 2.38. The lowest BCUT2D eigenvalue weighted by atomic mass is 10.0. The van der Waals surface area contributed by atoms with Gasteiger partial charge in [0.05, 0.1) is 0 Å². The first-order valence-corrected chi connectivity index (χ1v) is 6.54. The van der Waals surface area contributed by atoms with E-state index in [1.165, 1.54) is 13.0 Å². The van der Waals surface area contributed by atoms with Crippen LogP contribution in [0.4, 0.5) is 0 Å². The predicted molar refractivity (Wildman–Crippen MR) is 81.0 cm³/mol. The van der Waals surface area contributed by atoms with E-state index in [1.54, 1.807) is 0 Å². The average molecular weight is 316 g/mol. The summed E-state index contributed by atoms with van der Waals surface area (Å²) < 4.78 is 5.55. The van der Waals surface area contributed by atoms with E-state index in [4.69, 9.17) is 4.42 Å². The van der Waals surface area contributed by atoms with Gasteiger partial charge in [0.1, 0.15) is 28.2 Å². The van der Waals surface area contributed by atoms with Crippen LogP contribution in [0.1, 0.15) is 5.56 Å². The van der Waals surface area contributed by atoms with E-state index in [0.717, 1.165) is 18.2 Å². The summed E-state index contributed by atoms with van der Waals surface area (Å²) in [4.78, 5) is 12.4. The quantitative estimate of drug-likeness (QED) is 0.435. The summed E-state index contributed by atoms with van der Waals surface area (Å²) in [6.07, 6.45) is 0. The molecule has 5 N–H and O–H groups in total. The summed E-state index contributed by atoms with van der Waals surface area (Å²) in [5, 5.41) is 47.8. The first-order valence-electron chi connectivity index (χ1n) is 6.54. The second-order valence-corrected chi connectivity index (χ2v) is 5.09. The van der Waals surface area contributed by atoms with E-state index < -0.39 is 28.4 Å². The zero-order valence-electron chi connectivity index (χ0n) is 11.9. The van der Waals surface area contributed by atoms with Gasteiger partial charge in [-0.05, 0) is 19.1 Å². The highest BCUT2D eigenvalue weighted by Gasteiger charge is 2.18. The van der Waals surface area contributed by atoms with Crippen LogP contribution in [0.3, 0.4) is 0 Å². The fraction of sp³-hybridized carbons (Fsp3) is 0.0625. The van der Waals surface area contributed by atoms with Crippen molar-refractivity contribution >= 4 is 11.0 Å². The molecule has 0 aliphatic rings. The largest absolute Gasteiger partial charge is 0.508 e. The standard InChI is InChI=1S/C16H12O7/c1-6-14(21)13-9(18)4-8(17)5-12(13)23-16(6)7-2-10(19)15(22)11(20)3-7/h2-5,17-20,22H,1H3. The van der Waals surface area contributed by atoms with Gasteiger partial charge in [-0.15, -0.1) is 0 Å². The molecular formula is C16H12O7. The SMILES string of the molecule is Cc1c(-c2cc(O)c(O)c(O)c2)oc2cc(O)cc(O)c2c1=O. The molecule has 1 heterocycles. The van der Waals surface area contributed by atoms with E-state index in [9.17, 15) is 30.3 Å². The normalized spacial score (nSPS) is 11.0. The Bertz CT molecular complexity index is 978. The van der Waals surface area contributed by atoms with Crippen LogP contribution < -0.4 is 5.43 Å². The number of hydrogen-bond acceptors (Lipinski definition) is 7. The third-order valence-corrected chi connectivity index (χ3v) is 3.52. The zero-order chi connectivity index (χ0) is 16.9. The van der Waals surface area contributed by atoms with Gasteiger partial charge in [-0.1, -0.05) is 0 Å². The molecule has 3 rings (SSSR count). The first kappa shape index (κ1) is 14.6. The number of hydrogen-bond donors (Lipinski definition) is 5. The molecule has 0 radical (unpaired) electrons. The Morgan fingerprint density at radius 1 is 0.870 bits per heavy atom. The highest BCUT2D eigenvalue weighted by Crippen LogP contribution is 2.40. The molecule has 0 aliphatic carbocycles. The van der Waals surface area contributed by atoms with Gasteiger partial charge in [0, 0.05) is 23.3 Å². The Labute approximate surface area is 128 Å². The molecule has 0 amide bonds. The van der Waals surface area contributed by atoms with Gasteiger partial charge in [-0.3, -0.25) is 4.79 Å². The lowest BCUT2D eigenvalue weighted by Gasteiger charge is -2.10. The lowest BCUT2D eigenvalue weighted by Crippen LogP contribution is -2.07. The van der Waals surface area contributed by atoms with Crippen molar-refractivity contribution in [2.45, 2.75) is 6.92 Å². The lowest BCUT2D eigenvalue weighted by molar-refractivity contribution is 0.368. The van der Waals surface area contributed by atoms with Crippen molar-refractivity contribution in [3.63, 3.8) is 0 Å². The number of aromatic hydroxyl groups is 5. The topological polar surface area (TPSA) is 131 Å². The van der Waals surface area contributed by atoms with Gasteiger partial charge < -0.3 is 29.9 Å². The molecule has 0 aliphatic heterocycles. The maximum absolute atomic E-state index is 12.4. The van der Waals surface area contributed by atoms with Crippen LogP contribution >= 0.6 is 0 Å². The molecule has 1 aromatic heterocycles. The predicted octanol–water partition coefficient (Wildman–Crippen LogP) is 2.30. The number of phenols is 5. The van der Waals surface area contributed by atoms with Crippen LogP contribution in [-0.4, -0.2) is 25.5 Å². The van der Waals surface area contributed by atoms with E-state index in [2.05, 4.69) is 0 Å². The van der Waals surface area contributed by atoms with Crippen LogP contribution in [0, 0.1) is 6.92 Å². The third-order valence-electron chi connectivity index (χ3n) is 3.52. The minimum Gasteiger partial charge on any atom is -0.508 e. The molecule has 118 valence electrons. The highest BCUT2D eigenvalue weighted by atomic mass is 16.3.